The SMILES string of the molecule is CC(=O)OC1C(C)C(=O)C23CC(C)C(OC(C)=O)C2(O3)C2OC2(C)C(OC(C)=O)C(OC(C)=O)C2C1C2(C)C. The average Bonchev–Trinajstić information content (AvgIpc) is 3.72. The summed E-state index contributed by atoms with van der Waals surface area (Å²) in [6, 6.07) is 0. The van der Waals surface area contributed by atoms with Crippen molar-refractivity contribution in [3.05, 3.63) is 0 Å². The van der Waals surface area contributed by atoms with Crippen LogP contribution in [0.2, 0.25) is 0 Å². The monoisotopic (exact) mass is 550 g/mol. The van der Waals surface area contributed by atoms with Crippen molar-refractivity contribution >= 4 is 29.7 Å². The molecular weight excluding hydrogens is 512 g/mol. The van der Waals surface area contributed by atoms with Crippen molar-refractivity contribution in [1.82, 2.24) is 0 Å². The number of Topliss-reactive ketones (excluding diaryl/α,β-unsaturated/α-hetero) is 1. The van der Waals surface area contributed by atoms with Gasteiger partial charge in [-0.1, -0.05) is 27.7 Å². The molecule has 216 valence electrons. The second-order valence-electron chi connectivity index (χ2n) is 12.8. The smallest absolute Gasteiger partial charge is 0.303 e. The Labute approximate surface area is 227 Å². The van der Waals surface area contributed by atoms with Gasteiger partial charge >= 0.3 is 23.9 Å². The Morgan fingerprint density at radius 3 is 1.79 bits per heavy atom. The van der Waals surface area contributed by atoms with Crippen LogP contribution in [0.1, 0.15) is 68.7 Å². The molecule has 0 bridgehead atoms. The minimum atomic E-state index is -1.34. The molecule has 0 amide bonds. The zero-order chi connectivity index (χ0) is 29.0. The maximum atomic E-state index is 14.4. The third kappa shape index (κ3) is 3.78. The summed E-state index contributed by atoms with van der Waals surface area (Å²) >= 11 is 0. The van der Waals surface area contributed by atoms with Gasteiger partial charge < -0.3 is 28.4 Å². The predicted molar refractivity (Wildman–Crippen MR) is 131 cm³/mol. The molecule has 11 nitrogen and oxygen atoms in total. The number of hydrogen-bond donors (Lipinski definition) is 0. The number of epoxide rings is 2. The van der Waals surface area contributed by atoms with Crippen LogP contribution in [0.3, 0.4) is 0 Å². The molecule has 2 aliphatic heterocycles. The van der Waals surface area contributed by atoms with Crippen LogP contribution in [-0.2, 0) is 52.4 Å². The number of carbonyl (C=O) groups excluding carboxylic acids is 5. The third-order valence-corrected chi connectivity index (χ3v) is 9.77. The lowest BCUT2D eigenvalue weighted by Crippen LogP contribution is -2.52. The number of carbonyl (C=O) groups is 5. The third-order valence-electron chi connectivity index (χ3n) is 9.77. The molecule has 0 spiro atoms. The molecule has 39 heavy (non-hydrogen) atoms. The van der Waals surface area contributed by atoms with E-state index in [1.165, 1.54) is 27.7 Å². The molecule has 5 aliphatic rings. The van der Waals surface area contributed by atoms with Gasteiger partial charge in [-0.3, -0.25) is 24.0 Å². The van der Waals surface area contributed by atoms with Crippen LogP contribution in [0.15, 0.2) is 0 Å². The Bertz CT molecular complexity index is 1150. The summed E-state index contributed by atoms with van der Waals surface area (Å²) in [5, 5.41) is 0. The van der Waals surface area contributed by atoms with E-state index in [2.05, 4.69) is 0 Å². The number of hydrogen-bond acceptors (Lipinski definition) is 11. The van der Waals surface area contributed by atoms with Gasteiger partial charge in [0.15, 0.2) is 23.1 Å². The van der Waals surface area contributed by atoms with E-state index in [1.807, 2.05) is 20.8 Å². The molecule has 0 aromatic carbocycles. The van der Waals surface area contributed by atoms with Crippen LogP contribution in [0.5, 0.6) is 0 Å². The highest BCUT2D eigenvalue weighted by Gasteiger charge is 2.93. The van der Waals surface area contributed by atoms with Crippen molar-refractivity contribution in [1.29, 1.82) is 0 Å². The summed E-state index contributed by atoms with van der Waals surface area (Å²) in [6.45, 7) is 14.3. The Morgan fingerprint density at radius 2 is 1.26 bits per heavy atom. The van der Waals surface area contributed by atoms with Crippen LogP contribution >= 0.6 is 0 Å². The first kappa shape index (κ1) is 28.0. The van der Waals surface area contributed by atoms with Gasteiger partial charge in [0, 0.05) is 39.5 Å². The lowest BCUT2D eigenvalue weighted by atomic mass is 9.77. The van der Waals surface area contributed by atoms with E-state index in [0.717, 1.165) is 0 Å². The van der Waals surface area contributed by atoms with Gasteiger partial charge in [0.2, 0.25) is 0 Å². The van der Waals surface area contributed by atoms with Gasteiger partial charge in [-0.05, 0) is 24.7 Å². The zero-order valence-corrected chi connectivity index (χ0v) is 23.9. The minimum Gasteiger partial charge on any atom is -0.461 e. The van der Waals surface area contributed by atoms with E-state index in [-0.39, 0.29) is 18.1 Å². The van der Waals surface area contributed by atoms with Crippen LogP contribution in [0, 0.1) is 29.1 Å². The highest BCUT2D eigenvalue weighted by atomic mass is 16.7. The number of ketones is 1. The molecule has 3 saturated carbocycles. The summed E-state index contributed by atoms with van der Waals surface area (Å²) in [5.41, 5.74) is -4.44. The summed E-state index contributed by atoms with van der Waals surface area (Å²) in [4.78, 5) is 63.6. The highest BCUT2D eigenvalue weighted by molar-refractivity contribution is 5.96. The van der Waals surface area contributed by atoms with Gasteiger partial charge in [0.1, 0.15) is 30.0 Å². The molecular formula is C28H38O11. The topological polar surface area (TPSA) is 147 Å². The van der Waals surface area contributed by atoms with Gasteiger partial charge in [-0.15, -0.1) is 0 Å². The first-order chi connectivity index (χ1) is 18.0. The standard InChI is InChI=1S/C28H38O11/c1-11-10-27-21(33)12(2)19(34-13(3)29)17-18(25(17,7)8)20(35-14(4)30)23(37-16(6)32)26(9)24(38-26)28(27,39-27)22(11)36-15(5)31/h11-12,17-20,22-24H,10H2,1-9H3. The van der Waals surface area contributed by atoms with Crippen molar-refractivity contribution in [2.45, 2.75) is 116 Å². The van der Waals surface area contributed by atoms with E-state index in [1.54, 1.807) is 13.8 Å². The van der Waals surface area contributed by atoms with Gasteiger partial charge in [-0.2, -0.15) is 0 Å². The minimum absolute atomic E-state index is 0.246. The Balaban J connectivity index is 1.69. The molecule has 0 aromatic rings. The van der Waals surface area contributed by atoms with E-state index in [0.29, 0.717) is 0 Å². The fourth-order valence-electron chi connectivity index (χ4n) is 8.20. The molecule has 12 atom stereocenters. The maximum absolute atomic E-state index is 14.4. The van der Waals surface area contributed by atoms with Crippen molar-refractivity contribution in [2.24, 2.45) is 29.1 Å². The zero-order valence-electron chi connectivity index (χ0n) is 23.9. The average molecular weight is 551 g/mol. The summed E-state index contributed by atoms with van der Waals surface area (Å²) in [7, 11) is 0. The Hall–Kier alpha value is -2.53. The van der Waals surface area contributed by atoms with E-state index >= 15 is 0 Å². The molecule has 5 fully saturated rings. The molecule has 0 aromatic heterocycles. The number of fused-ring (bicyclic) bond motifs is 2. The quantitative estimate of drug-likeness (QED) is 0.287. The maximum Gasteiger partial charge on any atom is 0.303 e. The van der Waals surface area contributed by atoms with Crippen LogP contribution < -0.4 is 0 Å². The van der Waals surface area contributed by atoms with Crippen molar-refractivity contribution < 1.29 is 52.4 Å². The molecule has 0 N–H and O–H groups in total. The Kier molecular flexibility index (Phi) is 6.10. The Morgan fingerprint density at radius 1 is 0.769 bits per heavy atom. The van der Waals surface area contributed by atoms with Crippen LogP contribution in [0.25, 0.3) is 0 Å². The second kappa shape index (κ2) is 8.49. The fraction of sp³-hybridized carbons (Fsp3) is 0.821. The van der Waals surface area contributed by atoms with E-state index in [4.69, 9.17) is 28.4 Å². The summed E-state index contributed by atoms with van der Waals surface area (Å²) < 4.78 is 36.0. The lowest BCUT2D eigenvalue weighted by Gasteiger charge is -2.32. The number of rotatable bonds is 4. The molecule has 11 heteroatoms. The largest absolute Gasteiger partial charge is 0.461 e. The molecule has 2 heterocycles. The molecule has 0 radical (unpaired) electrons. The number of ether oxygens (including phenoxy) is 6. The van der Waals surface area contributed by atoms with Crippen molar-refractivity contribution in [2.75, 3.05) is 0 Å². The van der Waals surface area contributed by atoms with E-state index < -0.39 is 94.4 Å². The highest BCUT2D eigenvalue weighted by Crippen LogP contribution is 2.74. The first-order valence-electron chi connectivity index (χ1n) is 13.6. The normalized spacial score (nSPS) is 48.5. The van der Waals surface area contributed by atoms with Gasteiger partial charge in [-0.25, -0.2) is 0 Å². The fourth-order valence-corrected chi connectivity index (χ4v) is 8.20. The molecule has 3 aliphatic carbocycles. The van der Waals surface area contributed by atoms with Gasteiger partial charge in [0.05, 0.1) is 5.92 Å². The van der Waals surface area contributed by atoms with Crippen LogP contribution in [-0.4, -0.2) is 77.0 Å². The molecule has 5 rings (SSSR count). The summed E-state index contributed by atoms with van der Waals surface area (Å²) in [6.07, 6.45) is -4.21. The van der Waals surface area contributed by atoms with Gasteiger partial charge in [0.25, 0.3) is 0 Å². The summed E-state index contributed by atoms with van der Waals surface area (Å²) in [5.74, 6) is -4.36. The molecule has 2 saturated heterocycles. The number of esters is 4. The second-order valence-corrected chi connectivity index (χ2v) is 12.8. The predicted octanol–water partition coefficient (Wildman–Crippen LogP) is 1.91. The van der Waals surface area contributed by atoms with E-state index in [9.17, 15) is 24.0 Å². The first-order valence-corrected chi connectivity index (χ1v) is 13.6. The lowest BCUT2D eigenvalue weighted by molar-refractivity contribution is -0.174. The van der Waals surface area contributed by atoms with Crippen molar-refractivity contribution in [3.8, 4) is 0 Å². The molecule has 12 unspecified atom stereocenters. The van der Waals surface area contributed by atoms with Crippen molar-refractivity contribution in [3.63, 3.8) is 0 Å². The van der Waals surface area contributed by atoms with Crippen LogP contribution in [0.4, 0.5) is 0 Å².